The van der Waals surface area contributed by atoms with Crippen molar-refractivity contribution in [1.82, 2.24) is 4.90 Å². The number of benzene rings is 2. The summed E-state index contributed by atoms with van der Waals surface area (Å²) < 4.78 is 0. The number of hydrogen-bond donors (Lipinski definition) is 1. The summed E-state index contributed by atoms with van der Waals surface area (Å²) in [7, 11) is 2.05. The number of amides is 1. The van der Waals surface area contributed by atoms with Crippen LogP contribution in [0.15, 0.2) is 60.7 Å². The first-order valence-corrected chi connectivity index (χ1v) is 7.87. The van der Waals surface area contributed by atoms with Gasteiger partial charge in [-0.3, -0.25) is 4.79 Å². The average molecular weight is 306 g/mol. The maximum absolute atomic E-state index is 12.4. The fourth-order valence-corrected chi connectivity index (χ4v) is 3.01. The molecule has 3 heteroatoms. The smallest absolute Gasteiger partial charge is 0.250 e. The Balaban J connectivity index is 1.95. The fraction of sp³-hybridized carbons (Fsp3) is 0.250. The van der Waals surface area contributed by atoms with Gasteiger partial charge in [-0.2, -0.15) is 0 Å². The van der Waals surface area contributed by atoms with Gasteiger partial charge in [0.1, 0.15) is 0 Å². The molecule has 0 spiro atoms. The minimum Gasteiger partial charge on any atom is -0.368 e. The minimum absolute atomic E-state index is 0.0206. The zero-order chi connectivity index (χ0) is 16.4. The Kier molecular flexibility index (Phi) is 3.95. The molecule has 0 saturated carbocycles. The lowest BCUT2D eigenvalue weighted by atomic mass is 9.84. The van der Waals surface area contributed by atoms with Crippen molar-refractivity contribution in [3.63, 3.8) is 0 Å². The Morgan fingerprint density at radius 3 is 2.48 bits per heavy atom. The van der Waals surface area contributed by atoms with Crippen LogP contribution < -0.4 is 5.32 Å². The van der Waals surface area contributed by atoms with Crippen LogP contribution in [0.1, 0.15) is 25.0 Å². The number of para-hydroxylation sites is 1. The molecule has 0 atom stereocenters. The molecule has 3 rings (SSSR count). The number of fused-ring (bicyclic) bond motifs is 1. The Morgan fingerprint density at radius 2 is 1.74 bits per heavy atom. The zero-order valence-electron chi connectivity index (χ0n) is 13.8. The normalized spacial score (nSPS) is 17.7. The minimum atomic E-state index is -0.106. The van der Waals surface area contributed by atoms with E-state index in [1.165, 1.54) is 5.56 Å². The van der Waals surface area contributed by atoms with Gasteiger partial charge in [-0.15, -0.1) is 0 Å². The summed E-state index contributed by atoms with van der Waals surface area (Å²) in [4.78, 5) is 14.6. The highest BCUT2D eigenvalue weighted by Gasteiger charge is 2.33. The van der Waals surface area contributed by atoms with Gasteiger partial charge in [0.15, 0.2) is 0 Å². The standard InChI is InChI=1S/C20H22N2O/c1-20(2)14-15-9-7-8-12-17(15)18(22(20)3)13-19(23)21-16-10-5-4-6-11-16/h4-13H,14H2,1-3H3,(H,21,23)/b18-13-. The van der Waals surface area contributed by atoms with E-state index >= 15 is 0 Å². The molecule has 0 aliphatic carbocycles. The van der Waals surface area contributed by atoms with E-state index in [0.717, 1.165) is 23.4 Å². The van der Waals surface area contributed by atoms with E-state index < -0.39 is 0 Å². The number of likely N-dealkylation sites (N-methyl/N-ethyl adjacent to an activating group) is 1. The van der Waals surface area contributed by atoms with Crippen LogP contribution in [-0.4, -0.2) is 23.4 Å². The van der Waals surface area contributed by atoms with Crippen LogP contribution in [0.3, 0.4) is 0 Å². The first-order valence-electron chi connectivity index (χ1n) is 7.87. The van der Waals surface area contributed by atoms with Crippen LogP contribution in [0.5, 0.6) is 0 Å². The molecular weight excluding hydrogens is 284 g/mol. The molecule has 0 fully saturated rings. The van der Waals surface area contributed by atoms with Crippen LogP contribution in [-0.2, 0) is 11.2 Å². The third kappa shape index (κ3) is 3.14. The van der Waals surface area contributed by atoms with Gasteiger partial charge in [0, 0.05) is 35.6 Å². The van der Waals surface area contributed by atoms with E-state index in [-0.39, 0.29) is 11.4 Å². The molecule has 0 saturated heterocycles. The highest BCUT2D eigenvalue weighted by Crippen LogP contribution is 2.36. The highest BCUT2D eigenvalue weighted by atomic mass is 16.1. The van der Waals surface area contributed by atoms with Crippen LogP contribution in [0.25, 0.3) is 5.70 Å². The van der Waals surface area contributed by atoms with Crippen molar-refractivity contribution >= 4 is 17.3 Å². The van der Waals surface area contributed by atoms with E-state index in [9.17, 15) is 4.79 Å². The van der Waals surface area contributed by atoms with Gasteiger partial charge in [-0.05, 0) is 38.0 Å². The third-order valence-corrected chi connectivity index (χ3v) is 4.49. The molecule has 2 aromatic rings. The molecule has 23 heavy (non-hydrogen) atoms. The van der Waals surface area contributed by atoms with Gasteiger partial charge in [-0.25, -0.2) is 0 Å². The van der Waals surface area contributed by atoms with Crippen molar-refractivity contribution in [3.8, 4) is 0 Å². The van der Waals surface area contributed by atoms with Gasteiger partial charge in [0.2, 0.25) is 5.91 Å². The van der Waals surface area contributed by atoms with E-state index in [1.54, 1.807) is 6.08 Å². The van der Waals surface area contributed by atoms with Gasteiger partial charge in [-0.1, -0.05) is 42.5 Å². The molecule has 1 aliphatic rings. The third-order valence-electron chi connectivity index (χ3n) is 4.49. The summed E-state index contributed by atoms with van der Waals surface area (Å²) >= 11 is 0. The SMILES string of the molecule is CN1/C(=C\C(=O)Nc2ccccc2)c2ccccc2CC1(C)C. The molecule has 0 radical (unpaired) electrons. The zero-order valence-corrected chi connectivity index (χ0v) is 13.8. The lowest BCUT2D eigenvalue weighted by Crippen LogP contribution is -2.45. The molecule has 0 unspecified atom stereocenters. The summed E-state index contributed by atoms with van der Waals surface area (Å²) in [6, 6.07) is 17.8. The van der Waals surface area contributed by atoms with E-state index in [4.69, 9.17) is 0 Å². The summed E-state index contributed by atoms with van der Waals surface area (Å²) in [6.45, 7) is 4.40. The summed E-state index contributed by atoms with van der Waals surface area (Å²) in [5, 5.41) is 2.93. The van der Waals surface area contributed by atoms with Crippen LogP contribution >= 0.6 is 0 Å². The van der Waals surface area contributed by atoms with E-state index in [0.29, 0.717) is 0 Å². The molecular formula is C20H22N2O. The Morgan fingerprint density at radius 1 is 1.09 bits per heavy atom. The number of nitrogens with zero attached hydrogens (tertiary/aromatic N) is 1. The number of anilines is 1. The molecule has 0 bridgehead atoms. The van der Waals surface area contributed by atoms with Crippen LogP contribution in [0.2, 0.25) is 0 Å². The molecule has 1 N–H and O–H groups in total. The maximum Gasteiger partial charge on any atom is 0.250 e. The quantitative estimate of drug-likeness (QED) is 0.853. The fourth-order valence-electron chi connectivity index (χ4n) is 3.01. The monoisotopic (exact) mass is 306 g/mol. The van der Waals surface area contributed by atoms with Crippen LogP contribution in [0, 0.1) is 0 Å². The molecule has 3 nitrogen and oxygen atoms in total. The molecule has 1 aliphatic heterocycles. The summed E-state index contributed by atoms with van der Waals surface area (Å²) in [5.74, 6) is -0.106. The average Bonchev–Trinajstić information content (AvgIpc) is 2.52. The summed E-state index contributed by atoms with van der Waals surface area (Å²) in [6.07, 6.45) is 2.67. The summed E-state index contributed by atoms with van der Waals surface area (Å²) in [5.41, 5.74) is 4.17. The predicted octanol–water partition coefficient (Wildman–Crippen LogP) is 3.93. The largest absolute Gasteiger partial charge is 0.368 e. The molecule has 2 aromatic carbocycles. The van der Waals surface area contributed by atoms with Gasteiger partial charge in [0.05, 0.1) is 0 Å². The second-order valence-electron chi connectivity index (χ2n) is 6.59. The number of nitrogens with one attached hydrogen (secondary N) is 1. The van der Waals surface area contributed by atoms with Crippen molar-refractivity contribution in [2.24, 2.45) is 0 Å². The Hall–Kier alpha value is -2.55. The highest BCUT2D eigenvalue weighted by molar-refractivity contribution is 6.04. The molecule has 1 amide bonds. The second-order valence-corrected chi connectivity index (χ2v) is 6.59. The first kappa shape index (κ1) is 15.3. The first-order chi connectivity index (χ1) is 11.0. The lowest BCUT2D eigenvalue weighted by Gasteiger charge is -2.44. The van der Waals surface area contributed by atoms with Crippen molar-refractivity contribution in [1.29, 1.82) is 0 Å². The molecule has 1 heterocycles. The Labute approximate surface area is 137 Å². The number of hydrogen-bond acceptors (Lipinski definition) is 2. The molecule has 118 valence electrons. The van der Waals surface area contributed by atoms with Gasteiger partial charge >= 0.3 is 0 Å². The topological polar surface area (TPSA) is 32.3 Å². The van der Waals surface area contributed by atoms with Crippen molar-refractivity contribution in [2.45, 2.75) is 25.8 Å². The van der Waals surface area contributed by atoms with Crippen LogP contribution in [0.4, 0.5) is 5.69 Å². The van der Waals surface area contributed by atoms with Crippen molar-refractivity contribution in [3.05, 3.63) is 71.8 Å². The lowest BCUT2D eigenvalue weighted by molar-refractivity contribution is -0.111. The number of carbonyl (C=O) groups is 1. The maximum atomic E-state index is 12.4. The second kappa shape index (κ2) is 5.92. The van der Waals surface area contributed by atoms with E-state index in [1.807, 2.05) is 36.4 Å². The Bertz CT molecular complexity index is 747. The van der Waals surface area contributed by atoms with Gasteiger partial charge in [0.25, 0.3) is 0 Å². The molecule has 0 aromatic heterocycles. The van der Waals surface area contributed by atoms with Gasteiger partial charge < -0.3 is 10.2 Å². The predicted molar refractivity (Wildman–Crippen MR) is 95.0 cm³/mol. The number of carbonyl (C=O) groups excluding carboxylic acids is 1. The van der Waals surface area contributed by atoms with E-state index in [2.05, 4.69) is 49.3 Å². The number of rotatable bonds is 2. The van der Waals surface area contributed by atoms with Crippen molar-refractivity contribution in [2.75, 3.05) is 12.4 Å². The van der Waals surface area contributed by atoms with Crippen molar-refractivity contribution < 1.29 is 4.79 Å².